The van der Waals surface area contributed by atoms with E-state index in [2.05, 4.69) is 34.4 Å². The third-order valence-electron chi connectivity index (χ3n) is 3.29. The van der Waals surface area contributed by atoms with Crippen LogP contribution in [0.15, 0.2) is 18.3 Å². The Morgan fingerprint density at radius 2 is 2.38 bits per heavy atom. The molecule has 1 N–H and O–H groups in total. The molecular weight excluding hydrogens is 198 g/mol. The smallest absolute Gasteiger partial charge is 0.0372 e. The van der Waals surface area contributed by atoms with Gasteiger partial charge >= 0.3 is 0 Å². The summed E-state index contributed by atoms with van der Waals surface area (Å²) in [6.07, 6.45) is 4.60. The average Bonchev–Trinajstić information content (AvgIpc) is 2.32. The molecule has 0 aromatic carbocycles. The van der Waals surface area contributed by atoms with Crippen LogP contribution in [0.3, 0.4) is 0 Å². The van der Waals surface area contributed by atoms with Crippen molar-refractivity contribution in [1.82, 2.24) is 15.2 Å². The van der Waals surface area contributed by atoms with E-state index in [-0.39, 0.29) is 0 Å². The number of aryl methyl sites for hydroxylation is 1. The Morgan fingerprint density at radius 3 is 3.06 bits per heavy atom. The summed E-state index contributed by atoms with van der Waals surface area (Å²) in [6, 6.07) is 4.94. The first-order chi connectivity index (χ1) is 7.78. The SMILES string of the molecule is CNC1CCCN(Cc2ccc(C)nc2)C1. The highest BCUT2D eigenvalue weighted by molar-refractivity contribution is 5.13. The minimum Gasteiger partial charge on any atom is -0.316 e. The van der Waals surface area contributed by atoms with Gasteiger partial charge in [-0.05, 0) is 45.0 Å². The number of likely N-dealkylation sites (tertiary alicyclic amines) is 1. The molecular formula is C13H21N3. The predicted molar refractivity (Wildman–Crippen MR) is 66.3 cm³/mol. The Hall–Kier alpha value is -0.930. The standard InChI is InChI=1S/C13H21N3/c1-11-5-6-12(8-15-11)9-16-7-3-4-13(10-16)14-2/h5-6,8,13-14H,3-4,7,9-10H2,1-2H3. The van der Waals surface area contributed by atoms with Crippen LogP contribution in [0.1, 0.15) is 24.1 Å². The number of aromatic nitrogens is 1. The minimum atomic E-state index is 0.659. The van der Waals surface area contributed by atoms with Crippen molar-refractivity contribution in [2.45, 2.75) is 32.4 Å². The molecule has 1 saturated heterocycles. The van der Waals surface area contributed by atoms with Crippen molar-refractivity contribution in [3.8, 4) is 0 Å². The summed E-state index contributed by atoms with van der Waals surface area (Å²) in [7, 11) is 2.06. The molecule has 2 heterocycles. The van der Waals surface area contributed by atoms with Crippen molar-refractivity contribution in [2.75, 3.05) is 20.1 Å². The molecule has 1 aromatic heterocycles. The van der Waals surface area contributed by atoms with Crippen molar-refractivity contribution in [3.05, 3.63) is 29.6 Å². The highest BCUT2D eigenvalue weighted by atomic mass is 15.2. The zero-order valence-electron chi connectivity index (χ0n) is 10.2. The van der Waals surface area contributed by atoms with Gasteiger partial charge in [-0.25, -0.2) is 0 Å². The zero-order valence-corrected chi connectivity index (χ0v) is 10.2. The first kappa shape index (κ1) is 11.6. The summed E-state index contributed by atoms with van der Waals surface area (Å²) >= 11 is 0. The van der Waals surface area contributed by atoms with Crippen LogP contribution in [0.4, 0.5) is 0 Å². The van der Waals surface area contributed by atoms with Gasteiger partial charge in [0.15, 0.2) is 0 Å². The minimum absolute atomic E-state index is 0.659. The quantitative estimate of drug-likeness (QED) is 0.836. The Kier molecular flexibility index (Phi) is 3.91. The van der Waals surface area contributed by atoms with Crippen molar-refractivity contribution < 1.29 is 0 Å². The van der Waals surface area contributed by atoms with Crippen LogP contribution in [-0.4, -0.2) is 36.1 Å². The van der Waals surface area contributed by atoms with E-state index in [0.29, 0.717) is 6.04 Å². The maximum absolute atomic E-state index is 4.34. The summed E-state index contributed by atoms with van der Waals surface area (Å²) in [6.45, 7) is 5.43. The predicted octanol–water partition coefficient (Wildman–Crippen LogP) is 1.57. The fourth-order valence-electron chi connectivity index (χ4n) is 2.28. The molecule has 3 nitrogen and oxygen atoms in total. The lowest BCUT2D eigenvalue weighted by molar-refractivity contribution is 0.188. The lowest BCUT2D eigenvalue weighted by Gasteiger charge is -2.32. The number of nitrogens with zero attached hydrogens (tertiary/aromatic N) is 2. The van der Waals surface area contributed by atoms with Crippen LogP contribution in [0.2, 0.25) is 0 Å². The molecule has 0 saturated carbocycles. The van der Waals surface area contributed by atoms with Gasteiger partial charge in [0, 0.05) is 31.0 Å². The summed E-state index contributed by atoms with van der Waals surface area (Å²) in [4.78, 5) is 6.85. The van der Waals surface area contributed by atoms with Crippen molar-refractivity contribution in [2.24, 2.45) is 0 Å². The molecule has 0 bridgehead atoms. The lowest BCUT2D eigenvalue weighted by Crippen LogP contribution is -2.43. The van der Waals surface area contributed by atoms with E-state index in [0.717, 1.165) is 18.8 Å². The van der Waals surface area contributed by atoms with Gasteiger partial charge < -0.3 is 5.32 Å². The fraction of sp³-hybridized carbons (Fsp3) is 0.615. The van der Waals surface area contributed by atoms with E-state index in [9.17, 15) is 0 Å². The van der Waals surface area contributed by atoms with Gasteiger partial charge in [0.05, 0.1) is 0 Å². The van der Waals surface area contributed by atoms with E-state index in [1.807, 2.05) is 13.1 Å². The number of hydrogen-bond donors (Lipinski definition) is 1. The van der Waals surface area contributed by atoms with Crippen molar-refractivity contribution in [1.29, 1.82) is 0 Å². The molecule has 2 rings (SSSR count). The van der Waals surface area contributed by atoms with Crippen LogP contribution in [-0.2, 0) is 6.54 Å². The molecule has 88 valence electrons. The van der Waals surface area contributed by atoms with E-state index in [1.54, 1.807) is 0 Å². The summed E-state index contributed by atoms with van der Waals surface area (Å²) in [5, 5.41) is 3.37. The van der Waals surface area contributed by atoms with Crippen LogP contribution in [0.25, 0.3) is 0 Å². The maximum atomic E-state index is 4.34. The van der Waals surface area contributed by atoms with Gasteiger partial charge in [-0.2, -0.15) is 0 Å². The number of piperidine rings is 1. The van der Waals surface area contributed by atoms with Gasteiger partial charge in [-0.15, -0.1) is 0 Å². The molecule has 1 atom stereocenters. The van der Waals surface area contributed by atoms with Gasteiger partial charge in [0.2, 0.25) is 0 Å². The van der Waals surface area contributed by atoms with Crippen LogP contribution < -0.4 is 5.32 Å². The molecule has 1 unspecified atom stereocenters. The summed E-state index contributed by atoms with van der Waals surface area (Å²) < 4.78 is 0. The number of pyridine rings is 1. The normalized spacial score (nSPS) is 22.2. The first-order valence-electron chi connectivity index (χ1n) is 6.09. The molecule has 1 aliphatic heterocycles. The molecule has 3 heteroatoms. The third kappa shape index (κ3) is 3.03. The third-order valence-corrected chi connectivity index (χ3v) is 3.29. The maximum Gasteiger partial charge on any atom is 0.0372 e. The first-order valence-corrected chi connectivity index (χ1v) is 6.09. The van der Waals surface area contributed by atoms with Crippen LogP contribution in [0.5, 0.6) is 0 Å². The highest BCUT2D eigenvalue weighted by Crippen LogP contribution is 2.13. The number of rotatable bonds is 3. The number of nitrogens with one attached hydrogen (secondary N) is 1. The summed E-state index contributed by atoms with van der Waals surface area (Å²) in [5.74, 6) is 0. The molecule has 0 aliphatic carbocycles. The second kappa shape index (κ2) is 5.41. The van der Waals surface area contributed by atoms with E-state index < -0.39 is 0 Å². The van der Waals surface area contributed by atoms with Crippen LogP contribution in [0, 0.1) is 6.92 Å². The number of likely N-dealkylation sites (N-methyl/N-ethyl adjacent to an activating group) is 1. The van der Waals surface area contributed by atoms with Crippen LogP contribution >= 0.6 is 0 Å². The molecule has 16 heavy (non-hydrogen) atoms. The molecule has 1 aromatic rings. The summed E-state index contributed by atoms with van der Waals surface area (Å²) in [5.41, 5.74) is 2.41. The fourth-order valence-corrected chi connectivity index (χ4v) is 2.28. The second-order valence-electron chi connectivity index (χ2n) is 4.67. The molecule has 0 spiro atoms. The Bertz CT molecular complexity index is 320. The van der Waals surface area contributed by atoms with Gasteiger partial charge in [0.1, 0.15) is 0 Å². The van der Waals surface area contributed by atoms with Crippen molar-refractivity contribution >= 4 is 0 Å². The molecule has 0 radical (unpaired) electrons. The average molecular weight is 219 g/mol. The second-order valence-corrected chi connectivity index (χ2v) is 4.67. The monoisotopic (exact) mass is 219 g/mol. The lowest BCUT2D eigenvalue weighted by atomic mass is 10.1. The topological polar surface area (TPSA) is 28.2 Å². The van der Waals surface area contributed by atoms with E-state index >= 15 is 0 Å². The van der Waals surface area contributed by atoms with Gasteiger partial charge in [-0.1, -0.05) is 6.07 Å². The number of hydrogen-bond acceptors (Lipinski definition) is 3. The zero-order chi connectivity index (χ0) is 11.4. The largest absolute Gasteiger partial charge is 0.316 e. The molecule has 0 amide bonds. The van der Waals surface area contributed by atoms with Gasteiger partial charge in [0.25, 0.3) is 0 Å². The Labute approximate surface area is 97.9 Å². The van der Waals surface area contributed by atoms with E-state index in [4.69, 9.17) is 0 Å². The Balaban J connectivity index is 1.91. The molecule has 1 aliphatic rings. The van der Waals surface area contributed by atoms with E-state index in [1.165, 1.54) is 24.9 Å². The van der Waals surface area contributed by atoms with Crippen molar-refractivity contribution in [3.63, 3.8) is 0 Å². The van der Waals surface area contributed by atoms with Gasteiger partial charge in [-0.3, -0.25) is 9.88 Å². The highest BCUT2D eigenvalue weighted by Gasteiger charge is 2.18. The Morgan fingerprint density at radius 1 is 1.50 bits per heavy atom. The molecule has 1 fully saturated rings.